The maximum absolute atomic E-state index is 13.6. The molecule has 34 heavy (non-hydrogen) atoms. The van der Waals surface area contributed by atoms with Crippen LogP contribution in [0.3, 0.4) is 0 Å². The zero-order valence-electron chi connectivity index (χ0n) is 19.5. The minimum absolute atomic E-state index is 0.0841. The van der Waals surface area contributed by atoms with Crippen molar-refractivity contribution in [3.05, 3.63) is 89.0 Å². The summed E-state index contributed by atoms with van der Waals surface area (Å²) in [7, 11) is 0. The summed E-state index contributed by atoms with van der Waals surface area (Å²) in [5.41, 5.74) is 8.24. The molecule has 0 radical (unpaired) electrons. The molecule has 1 aliphatic rings. The van der Waals surface area contributed by atoms with E-state index in [2.05, 4.69) is 38.1 Å². The third-order valence-corrected chi connectivity index (χ3v) is 6.10. The molecule has 3 aromatic rings. The average Bonchev–Trinajstić information content (AvgIpc) is 2.87. The third-order valence-electron chi connectivity index (χ3n) is 6.10. The molecule has 2 N–H and O–H groups in total. The van der Waals surface area contributed by atoms with Gasteiger partial charge in [0.1, 0.15) is 0 Å². The van der Waals surface area contributed by atoms with Crippen LogP contribution in [0.5, 0.6) is 0 Å². The number of carbonyl (C=O) groups excluding carboxylic acids is 2. The zero-order chi connectivity index (χ0) is 24.1. The molecule has 0 saturated carbocycles. The van der Waals surface area contributed by atoms with E-state index in [0.717, 1.165) is 16.8 Å². The number of benzene rings is 3. The molecule has 0 bridgehead atoms. The molecular weight excluding hydrogens is 430 g/mol. The van der Waals surface area contributed by atoms with E-state index in [4.69, 9.17) is 9.94 Å². The molecule has 0 unspecified atom stereocenters. The molecule has 0 atom stereocenters. The minimum atomic E-state index is -0.575. The van der Waals surface area contributed by atoms with Gasteiger partial charge in [-0.15, -0.1) is 0 Å². The van der Waals surface area contributed by atoms with Gasteiger partial charge in [0.25, 0.3) is 5.91 Å². The van der Waals surface area contributed by atoms with E-state index in [9.17, 15) is 9.59 Å². The number of hydroxylamine groups is 1. The monoisotopic (exact) mass is 459 g/mol. The molecule has 1 aliphatic heterocycles. The number of morpholine rings is 1. The Balaban J connectivity index is 1.69. The molecule has 0 aromatic heterocycles. The largest absolute Gasteiger partial charge is 0.378 e. The summed E-state index contributed by atoms with van der Waals surface area (Å²) < 4.78 is 5.43. The zero-order valence-corrected chi connectivity index (χ0v) is 19.5. The Morgan fingerprint density at radius 1 is 0.971 bits per heavy atom. The van der Waals surface area contributed by atoms with E-state index in [0.29, 0.717) is 38.4 Å². The lowest BCUT2D eigenvalue weighted by Gasteiger charge is -2.33. The van der Waals surface area contributed by atoms with E-state index in [1.807, 2.05) is 23.1 Å². The lowest BCUT2D eigenvalue weighted by atomic mass is 9.95. The van der Waals surface area contributed by atoms with Gasteiger partial charge in [-0.1, -0.05) is 42.5 Å². The van der Waals surface area contributed by atoms with Crippen LogP contribution in [0.4, 0.5) is 10.5 Å². The third kappa shape index (κ3) is 5.11. The topological polar surface area (TPSA) is 82.1 Å². The van der Waals surface area contributed by atoms with E-state index < -0.39 is 5.91 Å². The van der Waals surface area contributed by atoms with E-state index in [1.54, 1.807) is 34.6 Å². The molecule has 176 valence electrons. The molecule has 7 nitrogen and oxygen atoms in total. The highest BCUT2D eigenvalue weighted by molar-refractivity contribution is 5.94. The second-order valence-electron chi connectivity index (χ2n) is 8.42. The van der Waals surface area contributed by atoms with Crippen LogP contribution in [0.2, 0.25) is 0 Å². The summed E-state index contributed by atoms with van der Waals surface area (Å²) in [6.07, 6.45) is 0. The molecule has 3 amide bonds. The smallest absolute Gasteiger partial charge is 0.324 e. The Morgan fingerprint density at radius 3 is 2.26 bits per heavy atom. The molecule has 7 heteroatoms. The van der Waals surface area contributed by atoms with Gasteiger partial charge in [0.15, 0.2) is 0 Å². The van der Waals surface area contributed by atoms with Gasteiger partial charge < -0.3 is 9.64 Å². The molecular formula is C27H29N3O4. The van der Waals surface area contributed by atoms with Gasteiger partial charge in [0.2, 0.25) is 0 Å². The summed E-state index contributed by atoms with van der Waals surface area (Å²) in [6, 6.07) is 21.0. The maximum atomic E-state index is 13.6. The van der Waals surface area contributed by atoms with Crippen molar-refractivity contribution in [3.63, 3.8) is 0 Å². The molecule has 0 aliphatic carbocycles. The SMILES string of the molecule is Cc1cccc(C)c1-c1cccc(N(Cc2ccc(C(=O)NO)cc2)C(=O)N2CCOCC2)c1. The summed E-state index contributed by atoms with van der Waals surface area (Å²) >= 11 is 0. The highest BCUT2D eigenvalue weighted by Crippen LogP contribution is 2.31. The summed E-state index contributed by atoms with van der Waals surface area (Å²) in [5, 5.41) is 8.86. The number of rotatable bonds is 5. The Kier molecular flexibility index (Phi) is 7.25. The van der Waals surface area contributed by atoms with Crippen LogP contribution in [-0.2, 0) is 11.3 Å². The van der Waals surface area contributed by atoms with Crippen molar-refractivity contribution in [1.29, 1.82) is 0 Å². The highest BCUT2D eigenvalue weighted by Gasteiger charge is 2.25. The van der Waals surface area contributed by atoms with E-state index in [1.165, 1.54) is 16.7 Å². The van der Waals surface area contributed by atoms with Gasteiger partial charge in [-0.25, -0.2) is 10.3 Å². The number of carbonyl (C=O) groups is 2. The van der Waals surface area contributed by atoms with Crippen molar-refractivity contribution in [2.24, 2.45) is 0 Å². The van der Waals surface area contributed by atoms with Gasteiger partial charge in [0.05, 0.1) is 19.8 Å². The van der Waals surface area contributed by atoms with Gasteiger partial charge in [-0.3, -0.25) is 14.9 Å². The number of ether oxygens (including phenoxy) is 1. The Labute approximate surface area is 199 Å². The average molecular weight is 460 g/mol. The summed E-state index contributed by atoms with van der Waals surface area (Å²) in [4.78, 5) is 28.8. The first-order chi connectivity index (χ1) is 16.5. The first kappa shape index (κ1) is 23.5. The van der Waals surface area contributed by atoms with Crippen LogP contribution in [0.1, 0.15) is 27.0 Å². The number of hydrogen-bond acceptors (Lipinski definition) is 4. The van der Waals surface area contributed by atoms with Gasteiger partial charge in [-0.2, -0.15) is 0 Å². The van der Waals surface area contributed by atoms with Crippen molar-refractivity contribution < 1.29 is 19.5 Å². The van der Waals surface area contributed by atoms with Crippen molar-refractivity contribution in [2.45, 2.75) is 20.4 Å². The maximum Gasteiger partial charge on any atom is 0.324 e. The lowest BCUT2D eigenvalue weighted by molar-refractivity contribution is 0.0548. The molecule has 1 saturated heterocycles. The van der Waals surface area contributed by atoms with Gasteiger partial charge in [0, 0.05) is 24.3 Å². The fourth-order valence-electron chi connectivity index (χ4n) is 4.30. The van der Waals surface area contributed by atoms with Crippen LogP contribution in [0.25, 0.3) is 11.1 Å². The predicted octanol–water partition coefficient (Wildman–Crippen LogP) is 4.55. The quantitative estimate of drug-likeness (QED) is 0.433. The minimum Gasteiger partial charge on any atom is -0.378 e. The highest BCUT2D eigenvalue weighted by atomic mass is 16.5. The van der Waals surface area contributed by atoms with E-state index in [-0.39, 0.29) is 6.03 Å². The summed E-state index contributed by atoms with van der Waals surface area (Å²) in [6.45, 7) is 6.65. The van der Waals surface area contributed by atoms with Crippen LogP contribution in [-0.4, -0.2) is 48.3 Å². The number of urea groups is 1. The van der Waals surface area contributed by atoms with Crippen LogP contribution < -0.4 is 10.4 Å². The van der Waals surface area contributed by atoms with Crippen molar-refractivity contribution >= 4 is 17.6 Å². The number of nitrogens with one attached hydrogen (secondary N) is 1. The fourth-order valence-corrected chi connectivity index (χ4v) is 4.30. The molecule has 3 aromatic carbocycles. The van der Waals surface area contributed by atoms with Crippen molar-refractivity contribution in [1.82, 2.24) is 10.4 Å². The molecule has 4 rings (SSSR count). The van der Waals surface area contributed by atoms with E-state index >= 15 is 0 Å². The predicted molar refractivity (Wildman–Crippen MR) is 131 cm³/mol. The van der Waals surface area contributed by atoms with Crippen LogP contribution in [0, 0.1) is 13.8 Å². The van der Waals surface area contributed by atoms with Crippen molar-refractivity contribution in [3.8, 4) is 11.1 Å². The first-order valence-corrected chi connectivity index (χ1v) is 11.3. The van der Waals surface area contributed by atoms with Crippen LogP contribution in [0.15, 0.2) is 66.7 Å². The van der Waals surface area contributed by atoms with Crippen LogP contribution >= 0.6 is 0 Å². The van der Waals surface area contributed by atoms with Crippen molar-refractivity contribution in [2.75, 3.05) is 31.2 Å². The second-order valence-corrected chi connectivity index (χ2v) is 8.42. The molecule has 0 spiro atoms. The second kappa shape index (κ2) is 10.5. The van der Waals surface area contributed by atoms with Gasteiger partial charge >= 0.3 is 6.03 Å². The summed E-state index contributed by atoms with van der Waals surface area (Å²) in [5.74, 6) is -0.575. The van der Waals surface area contributed by atoms with Gasteiger partial charge in [-0.05, 0) is 65.9 Å². The Bertz CT molecular complexity index is 1150. The Morgan fingerprint density at radius 2 is 1.62 bits per heavy atom. The standard InChI is InChI=1S/C27H29N3O4/c1-19-5-3-6-20(2)25(19)23-7-4-8-24(17-23)30(27(32)29-13-15-34-16-14-29)18-21-9-11-22(12-10-21)26(31)28-33/h3-12,17,33H,13-16,18H2,1-2H3,(H,28,31). The first-order valence-electron chi connectivity index (χ1n) is 11.3. The number of hydrogen-bond donors (Lipinski definition) is 2. The lowest BCUT2D eigenvalue weighted by Crippen LogP contribution is -2.48. The Hall–Kier alpha value is -3.68. The number of anilines is 1. The molecule has 1 fully saturated rings. The fraction of sp³-hybridized carbons (Fsp3) is 0.259. The number of nitrogens with zero attached hydrogens (tertiary/aromatic N) is 2. The normalized spacial score (nSPS) is 13.4. The molecule has 1 heterocycles. The number of amides is 3. The number of aryl methyl sites for hydroxylation is 2.